The summed E-state index contributed by atoms with van der Waals surface area (Å²) in [6.07, 6.45) is 2.13. The number of nitrogens with zero attached hydrogens (tertiary/aromatic N) is 1. The molecular formula is C26H26N2O4. The van der Waals surface area contributed by atoms with Gasteiger partial charge in [-0.1, -0.05) is 36.4 Å². The Morgan fingerprint density at radius 1 is 0.875 bits per heavy atom. The summed E-state index contributed by atoms with van der Waals surface area (Å²) in [6, 6.07) is 19.2. The Morgan fingerprint density at radius 3 is 2.47 bits per heavy atom. The van der Waals surface area contributed by atoms with Gasteiger partial charge in [-0.25, -0.2) is 0 Å². The van der Waals surface area contributed by atoms with Crippen LogP contribution < -0.4 is 14.8 Å². The van der Waals surface area contributed by atoms with Gasteiger partial charge in [0.25, 0.3) is 5.91 Å². The zero-order chi connectivity index (χ0) is 21.9. The van der Waals surface area contributed by atoms with E-state index in [4.69, 9.17) is 9.47 Å². The number of amides is 2. The lowest BCUT2D eigenvalue weighted by atomic mass is 9.94. The largest absolute Gasteiger partial charge is 0.490 e. The van der Waals surface area contributed by atoms with Crippen molar-refractivity contribution in [1.29, 1.82) is 0 Å². The summed E-state index contributed by atoms with van der Waals surface area (Å²) in [6.45, 7) is 2.38. The van der Waals surface area contributed by atoms with Crippen LogP contribution in [0.1, 0.15) is 29.6 Å². The molecule has 1 saturated heterocycles. The highest BCUT2D eigenvalue weighted by Gasteiger charge is 2.28. The number of ether oxygens (including phenoxy) is 2. The molecular weight excluding hydrogens is 404 g/mol. The number of hydrogen-bond acceptors (Lipinski definition) is 4. The Bertz CT molecular complexity index is 1150. The van der Waals surface area contributed by atoms with Crippen molar-refractivity contribution in [2.45, 2.75) is 19.3 Å². The van der Waals surface area contributed by atoms with Crippen LogP contribution in [-0.4, -0.2) is 43.0 Å². The molecule has 2 aliphatic rings. The van der Waals surface area contributed by atoms with E-state index in [0.29, 0.717) is 56.3 Å². The number of carbonyl (C=O) groups is 2. The third-order valence-electron chi connectivity index (χ3n) is 6.19. The van der Waals surface area contributed by atoms with Gasteiger partial charge in [0.05, 0.1) is 13.2 Å². The molecule has 0 bridgehead atoms. The highest BCUT2D eigenvalue weighted by molar-refractivity contribution is 6.07. The summed E-state index contributed by atoms with van der Waals surface area (Å²) in [4.78, 5) is 27.8. The molecule has 0 unspecified atom stereocenters. The van der Waals surface area contributed by atoms with Crippen molar-refractivity contribution in [3.8, 4) is 11.5 Å². The van der Waals surface area contributed by atoms with E-state index in [2.05, 4.69) is 5.32 Å². The minimum Gasteiger partial charge on any atom is -0.490 e. The van der Waals surface area contributed by atoms with Crippen LogP contribution in [-0.2, 0) is 4.79 Å². The van der Waals surface area contributed by atoms with E-state index in [9.17, 15) is 9.59 Å². The summed E-state index contributed by atoms with van der Waals surface area (Å²) < 4.78 is 11.4. The Balaban J connectivity index is 1.21. The van der Waals surface area contributed by atoms with Crippen LogP contribution >= 0.6 is 0 Å². The lowest BCUT2D eigenvalue weighted by Crippen LogP contribution is -2.41. The van der Waals surface area contributed by atoms with Gasteiger partial charge in [-0.3, -0.25) is 9.59 Å². The van der Waals surface area contributed by atoms with Crippen LogP contribution in [0, 0.1) is 5.92 Å². The van der Waals surface area contributed by atoms with Crippen LogP contribution in [0.25, 0.3) is 10.8 Å². The number of hydrogen-bond donors (Lipinski definition) is 1. The maximum atomic E-state index is 13.1. The quantitative estimate of drug-likeness (QED) is 0.665. The van der Waals surface area contributed by atoms with Crippen LogP contribution in [0.2, 0.25) is 0 Å². The number of fused-ring (bicyclic) bond motifs is 2. The molecule has 6 nitrogen and oxygen atoms in total. The SMILES string of the molecule is O=C(Nc1ccc2c(c1)OCCCO2)C1CCN(C(=O)c2cccc3ccccc23)CC1. The van der Waals surface area contributed by atoms with Crippen LogP contribution in [0.15, 0.2) is 60.7 Å². The summed E-state index contributed by atoms with van der Waals surface area (Å²) >= 11 is 0. The van der Waals surface area contributed by atoms with E-state index in [1.165, 1.54) is 0 Å². The van der Waals surface area contributed by atoms with Gasteiger partial charge in [0.15, 0.2) is 11.5 Å². The second kappa shape index (κ2) is 8.91. The minimum absolute atomic E-state index is 0.0169. The van der Waals surface area contributed by atoms with Gasteiger partial charge in [-0.2, -0.15) is 0 Å². The zero-order valence-electron chi connectivity index (χ0n) is 17.9. The van der Waals surface area contributed by atoms with Crippen molar-refractivity contribution in [1.82, 2.24) is 4.90 Å². The van der Waals surface area contributed by atoms with Crippen molar-refractivity contribution in [3.05, 3.63) is 66.2 Å². The first-order chi connectivity index (χ1) is 15.7. The first-order valence-corrected chi connectivity index (χ1v) is 11.2. The van der Waals surface area contributed by atoms with Crippen molar-refractivity contribution in [2.75, 3.05) is 31.6 Å². The van der Waals surface area contributed by atoms with Crippen molar-refractivity contribution in [3.63, 3.8) is 0 Å². The molecule has 0 atom stereocenters. The predicted octanol–water partition coefficient (Wildman–Crippen LogP) is 4.49. The van der Waals surface area contributed by atoms with Crippen molar-refractivity contribution >= 4 is 28.3 Å². The van der Waals surface area contributed by atoms with E-state index in [-0.39, 0.29) is 17.7 Å². The fourth-order valence-corrected chi connectivity index (χ4v) is 4.41. The number of piperidine rings is 1. The van der Waals surface area contributed by atoms with E-state index in [1.807, 2.05) is 65.6 Å². The highest BCUT2D eigenvalue weighted by atomic mass is 16.5. The third kappa shape index (κ3) is 4.13. The number of benzene rings is 3. The zero-order valence-corrected chi connectivity index (χ0v) is 17.9. The van der Waals surface area contributed by atoms with Gasteiger partial charge in [-0.15, -0.1) is 0 Å². The van der Waals surface area contributed by atoms with Crippen LogP contribution in [0.3, 0.4) is 0 Å². The van der Waals surface area contributed by atoms with E-state index < -0.39 is 0 Å². The second-order valence-electron chi connectivity index (χ2n) is 8.29. The molecule has 3 aromatic rings. The normalized spacial score (nSPS) is 16.4. The Labute approximate surface area is 187 Å². The van der Waals surface area contributed by atoms with E-state index in [0.717, 1.165) is 22.8 Å². The Hall–Kier alpha value is -3.54. The lowest BCUT2D eigenvalue weighted by molar-refractivity contribution is -0.121. The number of likely N-dealkylation sites (tertiary alicyclic amines) is 1. The average Bonchev–Trinajstić information content (AvgIpc) is 3.08. The fourth-order valence-electron chi connectivity index (χ4n) is 4.41. The summed E-state index contributed by atoms with van der Waals surface area (Å²) in [7, 11) is 0. The maximum absolute atomic E-state index is 13.1. The van der Waals surface area contributed by atoms with Crippen LogP contribution in [0.4, 0.5) is 5.69 Å². The predicted molar refractivity (Wildman–Crippen MR) is 123 cm³/mol. The molecule has 0 aliphatic carbocycles. The third-order valence-corrected chi connectivity index (χ3v) is 6.19. The number of carbonyl (C=O) groups excluding carboxylic acids is 2. The molecule has 6 heteroatoms. The summed E-state index contributed by atoms with van der Waals surface area (Å²) in [5.74, 6) is 1.26. The average molecular weight is 431 g/mol. The molecule has 1 N–H and O–H groups in total. The first kappa shape index (κ1) is 20.4. The molecule has 0 radical (unpaired) electrons. The molecule has 0 saturated carbocycles. The molecule has 0 aromatic heterocycles. The van der Waals surface area contributed by atoms with E-state index in [1.54, 1.807) is 0 Å². The fraction of sp³-hybridized carbons (Fsp3) is 0.308. The molecule has 5 rings (SSSR count). The number of rotatable bonds is 3. The van der Waals surface area contributed by atoms with Gasteiger partial charge < -0.3 is 19.7 Å². The maximum Gasteiger partial charge on any atom is 0.254 e. The van der Waals surface area contributed by atoms with Gasteiger partial charge >= 0.3 is 0 Å². The second-order valence-corrected chi connectivity index (χ2v) is 8.29. The topological polar surface area (TPSA) is 67.9 Å². The minimum atomic E-state index is -0.123. The Morgan fingerprint density at radius 2 is 1.62 bits per heavy atom. The molecule has 3 aromatic carbocycles. The first-order valence-electron chi connectivity index (χ1n) is 11.2. The highest BCUT2D eigenvalue weighted by Crippen LogP contribution is 2.33. The van der Waals surface area contributed by atoms with Gasteiger partial charge in [0.1, 0.15) is 0 Å². The Kier molecular flexibility index (Phi) is 5.67. The molecule has 32 heavy (non-hydrogen) atoms. The van der Waals surface area contributed by atoms with Gasteiger partial charge in [0.2, 0.25) is 5.91 Å². The van der Waals surface area contributed by atoms with E-state index >= 15 is 0 Å². The van der Waals surface area contributed by atoms with Gasteiger partial charge in [0, 0.05) is 42.7 Å². The number of anilines is 1. The standard InChI is InChI=1S/C26H26N2O4/c29-25(27-20-9-10-23-24(17-20)32-16-4-15-31-23)19-11-13-28(14-12-19)26(30)22-8-3-6-18-5-1-2-7-21(18)22/h1-3,5-10,17,19H,4,11-16H2,(H,27,29). The van der Waals surface area contributed by atoms with Crippen molar-refractivity contribution in [2.24, 2.45) is 5.92 Å². The lowest BCUT2D eigenvalue weighted by Gasteiger charge is -2.31. The summed E-state index contributed by atoms with van der Waals surface area (Å²) in [5, 5.41) is 5.03. The van der Waals surface area contributed by atoms with Crippen LogP contribution in [0.5, 0.6) is 11.5 Å². The molecule has 2 heterocycles. The smallest absolute Gasteiger partial charge is 0.254 e. The molecule has 0 spiro atoms. The van der Waals surface area contributed by atoms with Crippen molar-refractivity contribution < 1.29 is 19.1 Å². The number of nitrogens with one attached hydrogen (secondary N) is 1. The summed E-state index contributed by atoms with van der Waals surface area (Å²) in [5.41, 5.74) is 1.42. The molecule has 1 fully saturated rings. The monoisotopic (exact) mass is 430 g/mol. The molecule has 2 amide bonds. The van der Waals surface area contributed by atoms with Gasteiger partial charge in [-0.05, 0) is 41.8 Å². The molecule has 164 valence electrons. The molecule has 2 aliphatic heterocycles.